The number of carbonyl (C=O) groups excluding carboxylic acids is 1. The van der Waals surface area contributed by atoms with E-state index < -0.39 is 11.9 Å². The topological polar surface area (TPSA) is 54.4 Å². The Morgan fingerprint density at radius 1 is 1.38 bits per heavy atom. The Morgan fingerprint density at radius 2 is 2.08 bits per heavy atom. The Labute approximate surface area is 77.1 Å². The molecule has 0 aromatic heterocycles. The van der Waals surface area contributed by atoms with Gasteiger partial charge in [0, 0.05) is 6.42 Å². The highest BCUT2D eigenvalue weighted by Crippen LogP contribution is 2.51. The summed E-state index contributed by atoms with van der Waals surface area (Å²) < 4.78 is 0. The molecule has 1 N–H and O–H groups in total. The van der Waals surface area contributed by atoms with E-state index in [1.54, 1.807) is 0 Å². The summed E-state index contributed by atoms with van der Waals surface area (Å²) >= 11 is 0. The second kappa shape index (κ2) is 2.82. The SMILES string of the molecule is O=C(O)C1CCC2(CCC2)CC1=O. The van der Waals surface area contributed by atoms with Crippen molar-refractivity contribution in [2.24, 2.45) is 11.3 Å². The summed E-state index contributed by atoms with van der Waals surface area (Å²) in [5.74, 6) is -1.68. The second-order valence-electron chi connectivity index (χ2n) is 4.43. The first-order valence-electron chi connectivity index (χ1n) is 4.89. The van der Waals surface area contributed by atoms with Crippen molar-refractivity contribution < 1.29 is 14.7 Å². The number of aliphatic carboxylic acids is 1. The monoisotopic (exact) mass is 182 g/mol. The van der Waals surface area contributed by atoms with Crippen LogP contribution in [0.2, 0.25) is 0 Å². The maximum absolute atomic E-state index is 11.5. The van der Waals surface area contributed by atoms with Crippen LogP contribution < -0.4 is 0 Å². The minimum atomic E-state index is -0.931. The first kappa shape index (κ1) is 8.73. The van der Waals surface area contributed by atoms with Gasteiger partial charge in [0.05, 0.1) is 0 Å². The van der Waals surface area contributed by atoms with Crippen LogP contribution in [0, 0.1) is 11.3 Å². The number of Topliss-reactive ketones (excluding diaryl/α,β-unsaturated/α-hetero) is 1. The molecule has 3 heteroatoms. The van der Waals surface area contributed by atoms with Gasteiger partial charge in [-0.05, 0) is 31.1 Å². The molecular formula is C10H14O3. The number of hydrogen-bond acceptors (Lipinski definition) is 2. The number of rotatable bonds is 1. The fourth-order valence-corrected chi connectivity index (χ4v) is 2.56. The molecule has 0 aliphatic heterocycles. The van der Waals surface area contributed by atoms with Gasteiger partial charge in [-0.1, -0.05) is 6.42 Å². The van der Waals surface area contributed by atoms with E-state index >= 15 is 0 Å². The quantitative estimate of drug-likeness (QED) is 0.627. The van der Waals surface area contributed by atoms with E-state index in [0.717, 1.165) is 19.3 Å². The lowest BCUT2D eigenvalue weighted by molar-refractivity contribution is -0.150. The predicted molar refractivity (Wildman–Crippen MR) is 46.3 cm³/mol. The number of carboxylic acids is 1. The summed E-state index contributed by atoms with van der Waals surface area (Å²) in [6.07, 6.45) is 5.50. The van der Waals surface area contributed by atoms with Crippen molar-refractivity contribution in [2.45, 2.75) is 38.5 Å². The van der Waals surface area contributed by atoms with Gasteiger partial charge >= 0.3 is 5.97 Å². The van der Waals surface area contributed by atoms with E-state index in [1.807, 2.05) is 0 Å². The lowest BCUT2D eigenvalue weighted by Gasteiger charge is -2.45. The highest BCUT2D eigenvalue weighted by molar-refractivity contribution is 5.99. The largest absolute Gasteiger partial charge is 0.481 e. The van der Waals surface area contributed by atoms with Crippen LogP contribution >= 0.6 is 0 Å². The Kier molecular flexibility index (Phi) is 1.90. The zero-order valence-corrected chi connectivity index (χ0v) is 7.58. The van der Waals surface area contributed by atoms with Crippen LogP contribution in [0.4, 0.5) is 0 Å². The molecule has 2 aliphatic carbocycles. The molecule has 2 aliphatic rings. The van der Waals surface area contributed by atoms with Crippen LogP contribution in [0.15, 0.2) is 0 Å². The van der Waals surface area contributed by atoms with Gasteiger partial charge < -0.3 is 5.11 Å². The number of carbonyl (C=O) groups is 2. The molecular weight excluding hydrogens is 168 g/mol. The van der Waals surface area contributed by atoms with Gasteiger partial charge in [-0.25, -0.2) is 0 Å². The van der Waals surface area contributed by atoms with Crippen molar-refractivity contribution in [3.63, 3.8) is 0 Å². The molecule has 1 spiro atoms. The summed E-state index contributed by atoms with van der Waals surface area (Å²) in [7, 11) is 0. The lowest BCUT2D eigenvalue weighted by Crippen LogP contribution is -2.41. The average Bonchev–Trinajstić information content (AvgIpc) is 2.00. The third-order valence-electron chi connectivity index (χ3n) is 3.61. The van der Waals surface area contributed by atoms with E-state index in [2.05, 4.69) is 0 Å². The van der Waals surface area contributed by atoms with Crippen LogP contribution in [0.5, 0.6) is 0 Å². The fourth-order valence-electron chi connectivity index (χ4n) is 2.56. The summed E-state index contributed by atoms with van der Waals surface area (Å²) in [5, 5.41) is 8.75. The lowest BCUT2D eigenvalue weighted by atomic mass is 9.59. The summed E-state index contributed by atoms with van der Waals surface area (Å²) in [4.78, 5) is 22.1. The van der Waals surface area contributed by atoms with Crippen LogP contribution in [0.3, 0.4) is 0 Å². The van der Waals surface area contributed by atoms with Crippen molar-refractivity contribution in [3.8, 4) is 0 Å². The highest BCUT2D eigenvalue weighted by Gasteiger charge is 2.45. The molecule has 0 radical (unpaired) electrons. The molecule has 72 valence electrons. The van der Waals surface area contributed by atoms with E-state index in [-0.39, 0.29) is 11.2 Å². The van der Waals surface area contributed by atoms with E-state index in [4.69, 9.17) is 5.11 Å². The fraction of sp³-hybridized carbons (Fsp3) is 0.800. The van der Waals surface area contributed by atoms with Crippen LogP contribution in [-0.2, 0) is 9.59 Å². The molecule has 13 heavy (non-hydrogen) atoms. The molecule has 2 rings (SSSR count). The first-order chi connectivity index (χ1) is 6.13. The van der Waals surface area contributed by atoms with E-state index in [9.17, 15) is 9.59 Å². The summed E-state index contributed by atoms with van der Waals surface area (Å²) in [6, 6.07) is 0. The second-order valence-corrected chi connectivity index (χ2v) is 4.43. The molecule has 3 nitrogen and oxygen atoms in total. The smallest absolute Gasteiger partial charge is 0.314 e. The first-order valence-corrected chi connectivity index (χ1v) is 4.89. The Morgan fingerprint density at radius 3 is 2.46 bits per heavy atom. The Balaban J connectivity index is 2.03. The molecule has 0 aromatic carbocycles. The zero-order chi connectivity index (χ0) is 9.47. The highest BCUT2D eigenvalue weighted by atomic mass is 16.4. The van der Waals surface area contributed by atoms with E-state index in [0.29, 0.717) is 12.8 Å². The van der Waals surface area contributed by atoms with Crippen molar-refractivity contribution in [1.82, 2.24) is 0 Å². The molecule has 0 heterocycles. The van der Waals surface area contributed by atoms with Gasteiger partial charge in [0.15, 0.2) is 0 Å². The van der Waals surface area contributed by atoms with Crippen LogP contribution in [0.25, 0.3) is 0 Å². The van der Waals surface area contributed by atoms with Gasteiger partial charge in [0.25, 0.3) is 0 Å². The standard InChI is InChI=1S/C10H14O3/c11-8-6-10(3-1-4-10)5-2-7(8)9(12)13/h7H,1-6H2,(H,12,13). The minimum Gasteiger partial charge on any atom is -0.481 e. The Hall–Kier alpha value is -0.860. The molecule has 1 atom stereocenters. The molecule has 0 bridgehead atoms. The zero-order valence-electron chi connectivity index (χ0n) is 7.58. The Bertz CT molecular complexity index is 253. The minimum absolute atomic E-state index is 0.0431. The van der Waals surface area contributed by atoms with Crippen LogP contribution in [-0.4, -0.2) is 16.9 Å². The van der Waals surface area contributed by atoms with Gasteiger partial charge in [0.2, 0.25) is 0 Å². The molecule has 2 saturated carbocycles. The molecule has 0 aromatic rings. The average molecular weight is 182 g/mol. The normalized spacial score (nSPS) is 31.4. The number of hydrogen-bond donors (Lipinski definition) is 1. The third kappa shape index (κ3) is 1.36. The molecule has 0 amide bonds. The predicted octanol–water partition coefficient (Wildman–Crippen LogP) is 1.61. The maximum Gasteiger partial charge on any atom is 0.314 e. The van der Waals surface area contributed by atoms with Gasteiger partial charge in [0.1, 0.15) is 11.7 Å². The molecule has 0 saturated heterocycles. The van der Waals surface area contributed by atoms with Crippen molar-refractivity contribution in [3.05, 3.63) is 0 Å². The molecule has 1 unspecified atom stereocenters. The van der Waals surface area contributed by atoms with Gasteiger partial charge in [-0.3, -0.25) is 9.59 Å². The van der Waals surface area contributed by atoms with Crippen molar-refractivity contribution in [2.75, 3.05) is 0 Å². The third-order valence-corrected chi connectivity index (χ3v) is 3.61. The summed E-state index contributed by atoms with van der Waals surface area (Å²) in [5.41, 5.74) is 0.225. The van der Waals surface area contributed by atoms with Gasteiger partial charge in [-0.15, -0.1) is 0 Å². The maximum atomic E-state index is 11.5. The van der Waals surface area contributed by atoms with Gasteiger partial charge in [-0.2, -0.15) is 0 Å². The van der Waals surface area contributed by atoms with Crippen molar-refractivity contribution >= 4 is 11.8 Å². The van der Waals surface area contributed by atoms with E-state index in [1.165, 1.54) is 6.42 Å². The summed E-state index contributed by atoms with van der Waals surface area (Å²) in [6.45, 7) is 0. The van der Waals surface area contributed by atoms with Crippen LogP contribution in [0.1, 0.15) is 38.5 Å². The van der Waals surface area contributed by atoms with Crippen molar-refractivity contribution in [1.29, 1.82) is 0 Å². The number of carboxylic acid groups (broad SMARTS) is 1. The molecule has 2 fully saturated rings. The number of ketones is 1.